The molecule has 2 amide bonds. The minimum atomic E-state index is -0.271. The van der Waals surface area contributed by atoms with Gasteiger partial charge in [0.2, 0.25) is 5.91 Å². The summed E-state index contributed by atoms with van der Waals surface area (Å²) >= 11 is 4.94. The second-order valence-corrected chi connectivity index (χ2v) is 8.40. The van der Waals surface area contributed by atoms with Crippen LogP contribution in [0.15, 0.2) is 33.6 Å². The molecule has 0 bridgehead atoms. The molecule has 0 aromatic heterocycles. The lowest BCUT2D eigenvalue weighted by Gasteiger charge is -2.22. The summed E-state index contributed by atoms with van der Waals surface area (Å²) in [4.78, 5) is 29.1. The Morgan fingerprint density at radius 2 is 1.76 bits per heavy atom. The number of hydrogen-bond donors (Lipinski definition) is 0. The molecule has 2 rings (SSSR count). The Morgan fingerprint density at radius 1 is 1.12 bits per heavy atom. The Balaban J connectivity index is 1.78. The van der Waals surface area contributed by atoms with E-state index in [-0.39, 0.29) is 12.0 Å². The van der Waals surface area contributed by atoms with Gasteiger partial charge in [-0.1, -0.05) is 29.8 Å². The van der Waals surface area contributed by atoms with Crippen molar-refractivity contribution in [2.24, 2.45) is 5.92 Å². The average Bonchev–Trinajstić information content (AvgIpc) is 2.85. The predicted octanol–water partition coefficient (Wildman–Crippen LogP) is 3.87. The van der Waals surface area contributed by atoms with Gasteiger partial charge in [-0.15, -0.1) is 11.8 Å². The third kappa shape index (κ3) is 6.90. The van der Waals surface area contributed by atoms with E-state index in [9.17, 15) is 9.59 Å². The Morgan fingerprint density at radius 3 is 2.44 bits per heavy atom. The van der Waals surface area contributed by atoms with Gasteiger partial charge in [-0.3, -0.25) is 4.79 Å². The number of carbonyl (C=O) groups excluding carboxylic acids is 2. The number of thioether (sulfide) groups is 1. The first kappa shape index (κ1) is 20.1. The number of halogens is 1. The summed E-state index contributed by atoms with van der Waals surface area (Å²) in [6.45, 7) is 6.89. The summed E-state index contributed by atoms with van der Waals surface area (Å²) in [5.41, 5.74) is 0. The van der Waals surface area contributed by atoms with Crippen LogP contribution in [0.3, 0.4) is 0 Å². The summed E-state index contributed by atoms with van der Waals surface area (Å²) in [7, 11) is 0. The van der Waals surface area contributed by atoms with Gasteiger partial charge in [0.1, 0.15) is 0 Å². The molecule has 1 heterocycles. The molecule has 1 aromatic rings. The van der Waals surface area contributed by atoms with E-state index in [0.29, 0.717) is 44.5 Å². The maximum atomic E-state index is 12.4. The molecule has 0 saturated carbocycles. The molecule has 1 fully saturated rings. The Labute approximate surface area is 162 Å². The first-order valence-corrected chi connectivity index (χ1v) is 10.3. The van der Waals surface area contributed by atoms with Crippen LogP contribution in [0, 0.1) is 5.92 Å². The van der Waals surface area contributed by atoms with Gasteiger partial charge in [-0.25, -0.2) is 4.79 Å². The number of nitrogens with zero attached hydrogens (tertiary/aromatic N) is 2. The monoisotopic (exact) mass is 428 g/mol. The largest absolute Gasteiger partial charge is 0.449 e. The molecule has 0 unspecified atom stereocenters. The van der Waals surface area contributed by atoms with E-state index < -0.39 is 0 Å². The molecular weight excluding hydrogens is 404 g/mol. The number of hydrogen-bond acceptors (Lipinski definition) is 4. The molecule has 138 valence electrons. The van der Waals surface area contributed by atoms with Gasteiger partial charge in [0, 0.05) is 35.5 Å². The quantitative estimate of drug-likeness (QED) is 0.667. The fraction of sp³-hybridized carbons (Fsp3) is 0.556. The highest BCUT2D eigenvalue weighted by molar-refractivity contribution is 9.10. The molecule has 0 radical (unpaired) electrons. The summed E-state index contributed by atoms with van der Waals surface area (Å²) in [6, 6.07) is 7.94. The van der Waals surface area contributed by atoms with Gasteiger partial charge in [-0.2, -0.15) is 0 Å². The first-order chi connectivity index (χ1) is 12.0. The van der Waals surface area contributed by atoms with Gasteiger partial charge >= 0.3 is 6.09 Å². The van der Waals surface area contributed by atoms with E-state index in [0.717, 1.165) is 15.8 Å². The maximum absolute atomic E-state index is 12.4. The smallest absolute Gasteiger partial charge is 0.409 e. The van der Waals surface area contributed by atoms with E-state index in [2.05, 4.69) is 15.9 Å². The van der Waals surface area contributed by atoms with Crippen molar-refractivity contribution >= 4 is 39.7 Å². The lowest BCUT2D eigenvalue weighted by Crippen LogP contribution is -2.38. The summed E-state index contributed by atoms with van der Waals surface area (Å²) < 4.78 is 6.31. The fourth-order valence-corrected chi connectivity index (χ4v) is 3.51. The van der Waals surface area contributed by atoms with E-state index in [1.54, 1.807) is 4.90 Å². The van der Waals surface area contributed by atoms with Crippen LogP contribution < -0.4 is 0 Å². The van der Waals surface area contributed by atoms with Gasteiger partial charge in [-0.05, 0) is 36.6 Å². The molecular formula is C18H25BrN2O3S. The van der Waals surface area contributed by atoms with Crippen molar-refractivity contribution in [2.75, 3.05) is 38.5 Å². The summed E-state index contributed by atoms with van der Waals surface area (Å²) in [6.07, 6.45) is 0.512. The zero-order valence-electron chi connectivity index (χ0n) is 14.7. The van der Waals surface area contributed by atoms with Crippen LogP contribution in [0.25, 0.3) is 0 Å². The standard InChI is InChI=1S/C18H25BrN2O3S/c1-14(2)12-24-18(23)21-9-3-8-20(10-11-21)17(22)13-25-16-6-4-15(19)5-7-16/h4-7,14H,3,8-13H2,1-2H3. The SMILES string of the molecule is CC(C)COC(=O)N1CCCN(C(=O)CSc2ccc(Br)cc2)CC1. The molecule has 0 atom stereocenters. The number of amides is 2. The topological polar surface area (TPSA) is 49.9 Å². The van der Waals surface area contributed by atoms with Crippen LogP contribution in [-0.4, -0.2) is 60.3 Å². The van der Waals surface area contributed by atoms with Crippen LogP contribution in [0.1, 0.15) is 20.3 Å². The lowest BCUT2D eigenvalue weighted by molar-refractivity contribution is -0.128. The Hall–Kier alpha value is -1.21. The third-order valence-corrected chi connectivity index (χ3v) is 5.35. The zero-order chi connectivity index (χ0) is 18.2. The van der Waals surface area contributed by atoms with Crippen molar-refractivity contribution in [3.05, 3.63) is 28.7 Å². The van der Waals surface area contributed by atoms with E-state index in [4.69, 9.17) is 4.74 Å². The van der Waals surface area contributed by atoms with Crippen molar-refractivity contribution < 1.29 is 14.3 Å². The number of ether oxygens (including phenoxy) is 1. The van der Waals surface area contributed by atoms with Crippen LogP contribution in [-0.2, 0) is 9.53 Å². The maximum Gasteiger partial charge on any atom is 0.409 e. The zero-order valence-corrected chi connectivity index (χ0v) is 17.1. The molecule has 1 saturated heterocycles. The number of benzene rings is 1. The van der Waals surface area contributed by atoms with Crippen molar-refractivity contribution in [1.82, 2.24) is 9.80 Å². The minimum Gasteiger partial charge on any atom is -0.449 e. The third-order valence-electron chi connectivity index (χ3n) is 3.82. The van der Waals surface area contributed by atoms with Crippen molar-refractivity contribution in [3.8, 4) is 0 Å². The molecule has 1 aliphatic heterocycles. The number of rotatable bonds is 5. The van der Waals surface area contributed by atoms with Crippen molar-refractivity contribution in [2.45, 2.75) is 25.2 Å². The lowest BCUT2D eigenvalue weighted by atomic mass is 10.2. The van der Waals surface area contributed by atoms with Gasteiger partial charge < -0.3 is 14.5 Å². The second-order valence-electron chi connectivity index (χ2n) is 6.43. The van der Waals surface area contributed by atoms with Gasteiger partial charge in [0.15, 0.2) is 0 Å². The molecule has 25 heavy (non-hydrogen) atoms. The summed E-state index contributed by atoms with van der Waals surface area (Å²) in [5, 5.41) is 0. The van der Waals surface area contributed by atoms with Gasteiger partial charge in [0.05, 0.1) is 12.4 Å². The highest BCUT2D eigenvalue weighted by Crippen LogP contribution is 2.21. The Bertz CT molecular complexity index is 580. The van der Waals surface area contributed by atoms with Crippen LogP contribution in [0.4, 0.5) is 4.79 Å². The molecule has 0 aliphatic carbocycles. The minimum absolute atomic E-state index is 0.116. The highest BCUT2D eigenvalue weighted by atomic mass is 79.9. The molecule has 0 N–H and O–H groups in total. The van der Waals surface area contributed by atoms with Crippen molar-refractivity contribution in [1.29, 1.82) is 0 Å². The second kappa shape index (κ2) is 10.1. The molecule has 7 heteroatoms. The molecule has 1 aromatic carbocycles. The molecule has 5 nitrogen and oxygen atoms in total. The fourth-order valence-electron chi connectivity index (χ4n) is 2.45. The van der Waals surface area contributed by atoms with E-state index >= 15 is 0 Å². The molecule has 0 spiro atoms. The van der Waals surface area contributed by atoms with E-state index in [1.807, 2.05) is 43.0 Å². The van der Waals surface area contributed by atoms with Crippen LogP contribution in [0.2, 0.25) is 0 Å². The van der Waals surface area contributed by atoms with E-state index in [1.165, 1.54) is 11.8 Å². The normalized spacial score (nSPS) is 15.2. The highest BCUT2D eigenvalue weighted by Gasteiger charge is 2.23. The first-order valence-electron chi connectivity index (χ1n) is 8.53. The van der Waals surface area contributed by atoms with Crippen LogP contribution >= 0.6 is 27.7 Å². The van der Waals surface area contributed by atoms with Crippen molar-refractivity contribution in [3.63, 3.8) is 0 Å². The predicted molar refractivity (Wildman–Crippen MR) is 104 cm³/mol. The summed E-state index contributed by atoms with van der Waals surface area (Å²) in [5.74, 6) is 0.856. The van der Waals surface area contributed by atoms with Crippen LogP contribution in [0.5, 0.6) is 0 Å². The average molecular weight is 429 g/mol. The molecule has 1 aliphatic rings. The Kier molecular flexibility index (Phi) is 8.09. The number of carbonyl (C=O) groups is 2. The van der Waals surface area contributed by atoms with Gasteiger partial charge in [0.25, 0.3) is 0 Å².